The fourth-order valence-electron chi connectivity index (χ4n) is 3.97. The smallest absolute Gasteiger partial charge is 0.335 e. The molecule has 5 nitrogen and oxygen atoms in total. The van der Waals surface area contributed by atoms with Gasteiger partial charge in [0, 0.05) is 12.0 Å². The lowest BCUT2D eigenvalue weighted by atomic mass is 9.90. The van der Waals surface area contributed by atoms with Crippen molar-refractivity contribution < 1.29 is 19.1 Å². The van der Waals surface area contributed by atoms with Crippen LogP contribution in [0.25, 0.3) is 11.0 Å². The second kappa shape index (κ2) is 8.52. The third-order valence-corrected chi connectivity index (χ3v) is 5.63. The predicted molar refractivity (Wildman–Crippen MR) is 111 cm³/mol. The van der Waals surface area contributed by atoms with Crippen LogP contribution in [0.4, 0.5) is 0 Å². The molecule has 0 radical (unpaired) electrons. The minimum atomic E-state index is -0.971. The van der Waals surface area contributed by atoms with E-state index < -0.39 is 5.97 Å². The van der Waals surface area contributed by atoms with E-state index in [-0.39, 0.29) is 11.0 Å². The van der Waals surface area contributed by atoms with Crippen molar-refractivity contribution in [1.29, 1.82) is 0 Å². The highest BCUT2D eigenvalue weighted by molar-refractivity contribution is 5.87. The molecule has 0 aliphatic heterocycles. The topological polar surface area (TPSA) is 76.7 Å². The molecule has 0 unspecified atom stereocenters. The molecule has 1 aliphatic rings. The Morgan fingerprint density at radius 3 is 2.55 bits per heavy atom. The third kappa shape index (κ3) is 4.34. The van der Waals surface area contributed by atoms with Crippen molar-refractivity contribution in [2.75, 3.05) is 6.61 Å². The largest absolute Gasteiger partial charge is 0.492 e. The predicted octanol–water partition coefficient (Wildman–Crippen LogP) is 5.04. The van der Waals surface area contributed by atoms with E-state index in [1.807, 2.05) is 12.1 Å². The number of fused-ring (bicyclic) bond motifs is 1. The van der Waals surface area contributed by atoms with Crippen LogP contribution in [0.2, 0.25) is 0 Å². The molecule has 1 aromatic heterocycles. The Morgan fingerprint density at radius 1 is 1.07 bits per heavy atom. The van der Waals surface area contributed by atoms with Gasteiger partial charge in [0.2, 0.25) is 0 Å². The molecule has 0 saturated heterocycles. The summed E-state index contributed by atoms with van der Waals surface area (Å²) < 4.78 is 11.8. The standard InChI is InChI=1S/C24H24O5/c25-23-19(13-16-9-11-18(12-10-16)24(26)27)15-29-21-8-4-7-20(22(21)23)28-14-17-5-2-1-3-6-17/h4,7-12,15,17H,1-3,5-6,13-14H2,(H,26,27). The molecule has 1 heterocycles. The van der Waals surface area contributed by atoms with Crippen molar-refractivity contribution in [3.63, 3.8) is 0 Å². The summed E-state index contributed by atoms with van der Waals surface area (Å²) in [6, 6.07) is 12.0. The summed E-state index contributed by atoms with van der Waals surface area (Å²) in [6.45, 7) is 0.624. The summed E-state index contributed by atoms with van der Waals surface area (Å²) in [5, 5.41) is 9.50. The normalized spacial score (nSPS) is 14.8. The van der Waals surface area contributed by atoms with Crippen molar-refractivity contribution in [2.45, 2.75) is 38.5 Å². The van der Waals surface area contributed by atoms with E-state index >= 15 is 0 Å². The fraction of sp³-hybridized carbons (Fsp3) is 0.333. The Kier molecular flexibility index (Phi) is 5.65. The van der Waals surface area contributed by atoms with Gasteiger partial charge < -0.3 is 14.3 Å². The number of rotatable bonds is 6. The summed E-state index contributed by atoms with van der Waals surface area (Å²) in [6.07, 6.45) is 8.00. The number of ether oxygens (including phenoxy) is 1. The maximum Gasteiger partial charge on any atom is 0.335 e. The van der Waals surface area contributed by atoms with Gasteiger partial charge in [0.1, 0.15) is 16.7 Å². The van der Waals surface area contributed by atoms with Crippen LogP contribution in [0.5, 0.6) is 5.75 Å². The van der Waals surface area contributed by atoms with E-state index in [9.17, 15) is 9.59 Å². The van der Waals surface area contributed by atoms with Crippen molar-refractivity contribution in [3.8, 4) is 5.75 Å². The zero-order valence-electron chi connectivity index (χ0n) is 16.2. The minimum absolute atomic E-state index is 0.104. The molecule has 4 rings (SSSR count). The van der Waals surface area contributed by atoms with Gasteiger partial charge in [-0.25, -0.2) is 4.79 Å². The number of aromatic carboxylic acids is 1. The average Bonchev–Trinajstić information content (AvgIpc) is 2.75. The highest BCUT2D eigenvalue weighted by Gasteiger charge is 2.17. The van der Waals surface area contributed by atoms with Crippen molar-refractivity contribution >= 4 is 16.9 Å². The molecular weight excluding hydrogens is 368 g/mol. The van der Waals surface area contributed by atoms with Gasteiger partial charge in [-0.2, -0.15) is 0 Å². The maximum absolute atomic E-state index is 13.1. The first kappa shape index (κ1) is 19.2. The molecule has 1 saturated carbocycles. The molecule has 150 valence electrons. The second-order valence-electron chi connectivity index (χ2n) is 7.71. The summed E-state index contributed by atoms with van der Waals surface area (Å²) in [5.74, 6) is 0.147. The molecule has 0 bridgehead atoms. The second-order valence-corrected chi connectivity index (χ2v) is 7.71. The summed E-state index contributed by atoms with van der Waals surface area (Å²) in [7, 11) is 0. The molecule has 1 fully saturated rings. The SMILES string of the molecule is O=C(O)c1ccc(Cc2coc3cccc(OCC4CCCCC4)c3c2=O)cc1. The number of hydrogen-bond acceptors (Lipinski definition) is 4. The Bertz CT molecular complexity index is 1060. The van der Waals surface area contributed by atoms with Gasteiger partial charge in [-0.15, -0.1) is 0 Å². The van der Waals surface area contributed by atoms with Gasteiger partial charge in [0.15, 0.2) is 5.43 Å². The first-order valence-electron chi connectivity index (χ1n) is 10.1. The van der Waals surface area contributed by atoms with Gasteiger partial charge in [0.25, 0.3) is 0 Å². The minimum Gasteiger partial charge on any atom is -0.492 e. The zero-order valence-corrected chi connectivity index (χ0v) is 16.2. The van der Waals surface area contributed by atoms with Gasteiger partial charge in [-0.3, -0.25) is 4.79 Å². The van der Waals surface area contributed by atoms with E-state index in [1.165, 1.54) is 38.4 Å². The monoisotopic (exact) mass is 392 g/mol. The molecule has 0 atom stereocenters. The molecule has 0 spiro atoms. The first-order valence-corrected chi connectivity index (χ1v) is 10.1. The number of benzene rings is 2. The lowest BCUT2D eigenvalue weighted by Gasteiger charge is -2.22. The number of hydrogen-bond donors (Lipinski definition) is 1. The Labute approximate surface area is 168 Å². The van der Waals surface area contributed by atoms with Gasteiger partial charge in [0.05, 0.1) is 18.4 Å². The molecule has 1 N–H and O–H groups in total. The maximum atomic E-state index is 13.1. The Balaban J connectivity index is 1.59. The van der Waals surface area contributed by atoms with Crippen LogP contribution in [0, 0.1) is 5.92 Å². The van der Waals surface area contributed by atoms with Crippen molar-refractivity contribution in [1.82, 2.24) is 0 Å². The van der Waals surface area contributed by atoms with E-state index in [4.69, 9.17) is 14.3 Å². The van der Waals surface area contributed by atoms with Crippen molar-refractivity contribution in [2.24, 2.45) is 5.92 Å². The highest BCUT2D eigenvalue weighted by atomic mass is 16.5. The Hall–Kier alpha value is -3.08. The van der Waals surface area contributed by atoms with Crippen LogP contribution in [0.3, 0.4) is 0 Å². The van der Waals surface area contributed by atoms with Gasteiger partial charge in [-0.05, 0) is 48.6 Å². The van der Waals surface area contributed by atoms with Gasteiger partial charge in [-0.1, -0.05) is 37.5 Å². The molecule has 0 amide bonds. The highest BCUT2D eigenvalue weighted by Crippen LogP contribution is 2.28. The number of carboxylic acid groups (broad SMARTS) is 1. The van der Waals surface area contributed by atoms with Crippen LogP contribution >= 0.6 is 0 Å². The molecular formula is C24H24O5. The number of carbonyl (C=O) groups is 1. The lowest BCUT2D eigenvalue weighted by molar-refractivity contribution is 0.0697. The van der Waals surface area contributed by atoms with Crippen molar-refractivity contribution in [3.05, 3.63) is 75.6 Å². The number of carboxylic acids is 1. The zero-order chi connectivity index (χ0) is 20.2. The van der Waals surface area contributed by atoms with Crippen LogP contribution in [0.15, 0.2) is 57.9 Å². The average molecular weight is 392 g/mol. The lowest BCUT2D eigenvalue weighted by Crippen LogP contribution is -2.17. The van der Waals surface area contributed by atoms with Crippen LogP contribution in [-0.4, -0.2) is 17.7 Å². The fourth-order valence-corrected chi connectivity index (χ4v) is 3.97. The van der Waals surface area contributed by atoms with E-state index in [0.717, 1.165) is 5.56 Å². The first-order chi connectivity index (χ1) is 14.1. The van der Waals surface area contributed by atoms with Crippen LogP contribution in [-0.2, 0) is 6.42 Å². The summed E-state index contributed by atoms with van der Waals surface area (Å²) >= 11 is 0. The Morgan fingerprint density at radius 2 is 1.83 bits per heavy atom. The molecule has 1 aliphatic carbocycles. The summed E-state index contributed by atoms with van der Waals surface area (Å²) in [4.78, 5) is 24.2. The quantitative estimate of drug-likeness (QED) is 0.636. The molecule has 29 heavy (non-hydrogen) atoms. The van der Waals surface area contributed by atoms with Crippen LogP contribution in [0.1, 0.15) is 53.6 Å². The van der Waals surface area contributed by atoms with Gasteiger partial charge >= 0.3 is 5.97 Å². The molecule has 5 heteroatoms. The molecule has 2 aromatic carbocycles. The van der Waals surface area contributed by atoms with E-state index in [2.05, 4.69) is 0 Å². The summed E-state index contributed by atoms with van der Waals surface area (Å²) in [5.41, 5.74) is 2.00. The van der Waals surface area contributed by atoms with Crippen LogP contribution < -0.4 is 10.2 Å². The molecule has 3 aromatic rings. The third-order valence-electron chi connectivity index (χ3n) is 5.63. The van der Waals surface area contributed by atoms with E-state index in [0.29, 0.717) is 41.2 Å². The van der Waals surface area contributed by atoms with E-state index in [1.54, 1.807) is 30.3 Å².